The number of pyridine rings is 1. The SMILES string of the molecule is CC(C)(C)C(=O)/C=C(\O)C(C)(C)C.CC(C)(C)c1cc(-c2nc3ccccc3c3occc23)[c-]c2ccccc12.[Ir]. The topological polar surface area (TPSA) is 63.3 Å². The summed E-state index contributed by atoms with van der Waals surface area (Å²) in [4.78, 5) is 16.5. The Kier molecular flexibility index (Phi) is 9.37. The van der Waals surface area contributed by atoms with E-state index in [0.29, 0.717) is 0 Å². The van der Waals surface area contributed by atoms with Gasteiger partial charge in [0.25, 0.3) is 0 Å². The molecule has 0 saturated heterocycles. The number of rotatable bonds is 2. The van der Waals surface area contributed by atoms with Crippen molar-refractivity contribution in [3.63, 3.8) is 0 Å². The Bertz CT molecular complexity index is 1720. The summed E-state index contributed by atoms with van der Waals surface area (Å²) in [6, 6.07) is 24.4. The summed E-state index contributed by atoms with van der Waals surface area (Å²) >= 11 is 0. The molecule has 4 nitrogen and oxygen atoms in total. The molecule has 0 aliphatic rings. The Morgan fingerprint density at radius 1 is 0.829 bits per heavy atom. The number of para-hydroxylation sites is 1. The van der Waals surface area contributed by atoms with Gasteiger partial charge in [0.05, 0.1) is 11.8 Å². The van der Waals surface area contributed by atoms with Crippen molar-refractivity contribution in [2.24, 2.45) is 10.8 Å². The molecule has 1 N–H and O–H groups in total. The number of aliphatic hydroxyl groups is 1. The van der Waals surface area contributed by atoms with E-state index in [2.05, 4.69) is 63.2 Å². The van der Waals surface area contributed by atoms with Crippen LogP contribution in [0.5, 0.6) is 0 Å². The van der Waals surface area contributed by atoms with Crippen molar-refractivity contribution >= 4 is 38.4 Å². The zero-order chi connectivity index (χ0) is 29.5. The normalized spacial score (nSPS) is 12.7. The van der Waals surface area contributed by atoms with Crippen molar-refractivity contribution in [1.29, 1.82) is 0 Å². The summed E-state index contributed by atoms with van der Waals surface area (Å²) in [5, 5.41) is 14.0. The van der Waals surface area contributed by atoms with Crippen LogP contribution in [0.2, 0.25) is 0 Å². The van der Waals surface area contributed by atoms with Crippen LogP contribution in [-0.4, -0.2) is 15.9 Å². The van der Waals surface area contributed by atoms with Gasteiger partial charge in [-0.15, -0.1) is 29.1 Å². The van der Waals surface area contributed by atoms with Gasteiger partial charge in [0.2, 0.25) is 0 Å². The number of carbonyl (C=O) groups excluding carboxylic acids is 1. The van der Waals surface area contributed by atoms with E-state index >= 15 is 0 Å². The first kappa shape index (κ1) is 32.2. The number of furan rings is 1. The van der Waals surface area contributed by atoms with E-state index in [9.17, 15) is 9.90 Å². The fraction of sp³-hybridized carbons (Fsp3) is 0.333. The van der Waals surface area contributed by atoms with Crippen LogP contribution in [0, 0.1) is 16.9 Å². The summed E-state index contributed by atoms with van der Waals surface area (Å²) in [6.45, 7) is 17.9. The molecule has 2 heterocycles. The minimum atomic E-state index is -0.417. The van der Waals surface area contributed by atoms with Gasteiger partial charge in [-0.2, -0.15) is 0 Å². The predicted octanol–water partition coefficient (Wildman–Crippen LogP) is 9.99. The van der Waals surface area contributed by atoms with Crippen molar-refractivity contribution in [1.82, 2.24) is 4.98 Å². The van der Waals surface area contributed by atoms with Crippen molar-refractivity contribution in [3.05, 3.63) is 90.4 Å². The van der Waals surface area contributed by atoms with Crippen molar-refractivity contribution in [2.45, 2.75) is 67.7 Å². The van der Waals surface area contributed by atoms with Gasteiger partial charge < -0.3 is 9.52 Å². The molecule has 5 heteroatoms. The van der Waals surface area contributed by atoms with Gasteiger partial charge in [-0.05, 0) is 23.6 Å². The average Bonchev–Trinajstić information content (AvgIpc) is 3.36. The molecule has 0 atom stereocenters. The minimum absolute atomic E-state index is 0. The van der Waals surface area contributed by atoms with E-state index in [1.54, 1.807) is 6.26 Å². The van der Waals surface area contributed by atoms with Gasteiger partial charge in [0.1, 0.15) is 11.3 Å². The van der Waals surface area contributed by atoms with Crippen molar-refractivity contribution in [3.8, 4) is 11.3 Å². The molecule has 0 unspecified atom stereocenters. The Balaban J connectivity index is 0.000000284. The molecule has 0 amide bonds. The first-order valence-electron chi connectivity index (χ1n) is 13.7. The molecular weight excluding hydrogens is 687 g/mol. The third-order valence-electron chi connectivity index (χ3n) is 6.92. The molecule has 0 spiro atoms. The molecule has 217 valence electrons. The van der Waals surface area contributed by atoms with Gasteiger partial charge in [0, 0.05) is 53.5 Å². The maximum Gasteiger partial charge on any atom is 0.164 e. The number of aliphatic hydroxyl groups excluding tert-OH is 1. The van der Waals surface area contributed by atoms with E-state index in [1.807, 2.05) is 65.8 Å². The molecule has 0 aliphatic heterocycles. The maximum absolute atomic E-state index is 11.5. The van der Waals surface area contributed by atoms with Crippen LogP contribution >= 0.6 is 0 Å². The first-order chi connectivity index (χ1) is 18.6. The van der Waals surface area contributed by atoms with Gasteiger partial charge in [-0.1, -0.05) is 104 Å². The number of aromatic nitrogens is 1. The van der Waals surface area contributed by atoms with E-state index in [-0.39, 0.29) is 42.5 Å². The summed E-state index contributed by atoms with van der Waals surface area (Å²) in [6.07, 6.45) is 3.08. The van der Waals surface area contributed by atoms with E-state index in [1.165, 1.54) is 17.0 Å². The first-order valence-corrected chi connectivity index (χ1v) is 13.7. The molecular formula is C36H40IrNO3-. The molecule has 5 aromatic rings. The fourth-order valence-corrected chi connectivity index (χ4v) is 4.39. The van der Waals surface area contributed by atoms with Gasteiger partial charge >= 0.3 is 0 Å². The number of nitrogens with zero attached hydrogens (tertiary/aromatic N) is 1. The molecule has 0 saturated carbocycles. The second-order valence-corrected chi connectivity index (χ2v) is 13.4. The number of hydrogen-bond acceptors (Lipinski definition) is 4. The zero-order valence-corrected chi connectivity index (χ0v) is 27.9. The van der Waals surface area contributed by atoms with E-state index in [0.717, 1.165) is 38.5 Å². The van der Waals surface area contributed by atoms with Crippen molar-refractivity contribution in [2.75, 3.05) is 0 Å². The molecule has 3 aromatic carbocycles. The van der Waals surface area contributed by atoms with Crippen molar-refractivity contribution < 1.29 is 34.4 Å². The average molecular weight is 727 g/mol. The summed E-state index contributed by atoms with van der Waals surface area (Å²) in [7, 11) is 0. The molecule has 0 fully saturated rings. The Morgan fingerprint density at radius 2 is 1.44 bits per heavy atom. The summed E-state index contributed by atoms with van der Waals surface area (Å²) < 4.78 is 5.82. The van der Waals surface area contributed by atoms with Crippen LogP contribution in [0.1, 0.15) is 67.9 Å². The fourth-order valence-electron chi connectivity index (χ4n) is 4.39. The largest absolute Gasteiger partial charge is 0.512 e. The molecule has 5 rings (SSSR count). The van der Waals surface area contributed by atoms with Crippen LogP contribution in [0.3, 0.4) is 0 Å². The third-order valence-corrected chi connectivity index (χ3v) is 6.92. The number of hydrogen-bond donors (Lipinski definition) is 1. The number of allylic oxidation sites excluding steroid dienone is 2. The Hall–Kier alpha value is -3.27. The smallest absolute Gasteiger partial charge is 0.164 e. The standard InChI is InChI=1S/C25H20NO.C11H20O2.Ir/c1-25(2,3)21-15-17(14-16-8-4-5-9-18(16)21)23-20-12-13-27-24(20)19-10-6-7-11-22(19)26-23;1-10(2,3)8(12)7-9(13)11(4,5)6;/h4-13,15H,1-3H3;7,12H,1-6H3;/q-1;;/b;8-7-;. The van der Waals surface area contributed by atoms with Crippen LogP contribution in [0.25, 0.3) is 43.9 Å². The monoisotopic (exact) mass is 727 g/mol. The van der Waals surface area contributed by atoms with Gasteiger partial charge in [0.15, 0.2) is 5.78 Å². The zero-order valence-electron chi connectivity index (χ0n) is 25.5. The predicted molar refractivity (Wildman–Crippen MR) is 167 cm³/mol. The number of carbonyl (C=O) groups is 1. The van der Waals surface area contributed by atoms with E-state index in [4.69, 9.17) is 9.40 Å². The molecule has 1 radical (unpaired) electrons. The summed E-state index contributed by atoms with van der Waals surface area (Å²) in [5.41, 5.74) is 4.32. The second-order valence-electron chi connectivity index (χ2n) is 13.4. The molecule has 0 aliphatic carbocycles. The second kappa shape index (κ2) is 11.9. The summed E-state index contributed by atoms with van der Waals surface area (Å²) in [5.74, 6) is 0.104. The Labute approximate surface area is 257 Å². The quantitative estimate of drug-likeness (QED) is 0.112. The molecule has 41 heavy (non-hydrogen) atoms. The van der Waals surface area contributed by atoms with Gasteiger partial charge in [-0.25, -0.2) is 0 Å². The van der Waals surface area contributed by atoms with E-state index < -0.39 is 5.41 Å². The number of ketones is 1. The van der Waals surface area contributed by atoms with Crippen LogP contribution < -0.4 is 0 Å². The van der Waals surface area contributed by atoms with Crippen LogP contribution in [-0.2, 0) is 30.3 Å². The van der Waals surface area contributed by atoms with Crippen LogP contribution in [0.4, 0.5) is 0 Å². The number of benzene rings is 3. The maximum atomic E-state index is 11.5. The number of fused-ring (bicyclic) bond motifs is 4. The molecule has 2 aromatic heterocycles. The Morgan fingerprint density at radius 3 is 2.05 bits per heavy atom. The van der Waals surface area contributed by atoms with Gasteiger partial charge in [-0.3, -0.25) is 9.78 Å². The minimum Gasteiger partial charge on any atom is -0.512 e. The molecule has 0 bridgehead atoms. The van der Waals surface area contributed by atoms with Crippen LogP contribution in [0.15, 0.2) is 83.2 Å². The third kappa shape index (κ3) is 7.15.